The minimum atomic E-state index is -1.04. The molecular formula is C13H20N4O4. The zero-order valence-electron chi connectivity index (χ0n) is 12.1. The van der Waals surface area contributed by atoms with Crippen LogP contribution in [0.15, 0.2) is 6.33 Å². The molecule has 2 amide bonds. The average molecular weight is 296 g/mol. The molecule has 0 fully saturated rings. The highest BCUT2D eigenvalue weighted by atomic mass is 16.4. The number of hydrogen-bond acceptors (Lipinski definition) is 4. The lowest BCUT2D eigenvalue weighted by molar-refractivity contribution is -0.142. The van der Waals surface area contributed by atoms with Crippen molar-refractivity contribution in [2.24, 2.45) is 0 Å². The Labute approximate surface area is 122 Å². The van der Waals surface area contributed by atoms with Gasteiger partial charge in [-0.15, -0.1) is 0 Å². The first-order valence-electron chi connectivity index (χ1n) is 6.84. The number of H-pyrrole nitrogens is 1. The van der Waals surface area contributed by atoms with Gasteiger partial charge in [0.25, 0.3) is 0 Å². The summed E-state index contributed by atoms with van der Waals surface area (Å²) in [4.78, 5) is 33.6. The second-order valence-corrected chi connectivity index (χ2v) is 5.36. The number of nitrogens with zero attached hydrogens (tertiary/aromatic N) is 3. The van der Waals surface area contributed by atoms with Crippen LogP contribution in [0.2, 0.25) is 0 Å². The molecule has 2 unspecified atom stereocenters. The minimum Gasteiger partial charge on any atom is -0.480 e. The Morgan fingerprint density at radius 1 is 1.62 bits per heavy atom. The van der Waals surface area contributed by atoms with E-state index in [4.69, 9.17) is 0 Å². The van der Waals surface area contributed by atoms with E-state index in [1.54, 1.807) is 14.0 Å². The Morgan fingerprint density at radius 2 is 2.33 bits per heavy atom. The van der Waals surface area contributed by atoms with Gasteiger partial charge in [-0.25, -0.2) is 14.6 Å². The molecule has 0 bridgehead atoms. The van der Waals surface area contributed by atoms with E-state index in [0.717, 1.165) is 5.69 Å². The van der Waals surface area contributed by atoms with Crippen molar-refractivity contribution in [3.63, 3.8) is 0 Å². The number of aliphatic hydroxyl groups excluding tert-OH is 1. The molecule has 1 aliphatic rings. The number of imidazole rings is 1. The first kappa shape index (κ1) is 15.3. The maximum absolute atomic E-state index is 12.4. The summed E-state index contributed by atoms with van der Waals surface area (Å²) in [7, 11) is 1.60. The summed E-state index contributed by atoms with van der Waals surface area (Å²) < 4.78 is 0. The Balaban J connectivity index is 2.12. The van der Waals surface area contributed by atoms with E-state index in [-0.39, 0.29) is 19.0 Å². The third-order valence-corrected chi connectivity index (χ3v) is 3.64. The lowest BCUT2D eigenvalue weighted by atomic mass is 10.0. The van der Waals surface area contributed by atoms with E-state index in [0.29, 0.717) is 18.7 Å². The Morgan fingerprint density at radius 3 is 2.95 bits per heavy atom. The molecule has 0 spiro atoms. The molecule has 116 valence electrons. The fourth-order valence-electron chi connectivity index (χ4n) is 2.35. The Bertz CT molecular complexity index is 528. The van der Waals surface area contributed by atoms with Gasteiger partial charge in [-0.05, 0) is 13.3 Å². The summed E-state index contributed by atoms with van der Waals surface area (Å²) in [6.07, 6.45) is 1.65. The van der Waals surface area contributed by atoms with Gasteiger partial charge in [0.15, 0.2) is 0 Å². The van der Waals surface area contributed by atoms with Crippen molar-refractivity contribution in [2.75, 3.05) is 13.6 Å². The number of urea groups is 1. The predicted octanol–water partition coefficient (Wildman–Crippen LogP) is 0.0437. The van der Waals surface area contributed by atoms with Gasteiger partial charge in [0, 0.05) is 20.0 Å². The van der Waals surface area contributed by atoms with Crippen LogP contribution in [-0.2, 0) is 17.8 Å². The Hall–Kier alpha value is -2.09. The number of amides is 2. The fourth-order valence-corrected chi connectivity index (χ4v) is 2.35. The van der Waals surface area contributed by atoms with Gasteiger partial charge in [-0.3, -0.25) is 0 Å². The molecule has 1 aromatic heterocycles. The van der Waals surface area contributed by atoms with Crippen LogP contribution in [0.1, 0.15) is 24.7 Å². The maximum atomic E-state index is 12.4. The smallest absolute Gasteiger partial charge is 0.326 e. The molecule has 0 aromatic carbocycles. The van der Waals surface area contributed by atoms with Gasteiger partial charge >= 0.3 is 12.0 Å². The van der Waals surface area contributed by atoms with Crippen LogP contribution >= 0.6 is 0 Å². The number of rotatable bonds is 4. The Kier molecular flexibility index (Phi) is 4.46. The summed E-state index contributed by atoms with van der Waals surface area (Å²) in [5, 5.41) is 18.6. The topological polar surface area (TPSA) is 110 Å². The molecule has 1 aliphatic heterocycles. The molecule has 2 heterocycles. The van der Waals surface area contributed by atoms with Gasteiger partial charge in [0.05, 0.1) is 30.4 Å². The number of nitrogens with one attached hydrogen (secondary N) is 1. The van der Waals surface area contributed by atoms with Crippen molar-refractivity contribution in [1.29, 1.82) is 0 Å². The molecule has 2 atom stereocenters. The number of aromatic amines is 1. The second kappa shape index (κ2) is 6.13. The third-order valence-electron chi connectivity index (χ3n) is 3.64. The van der Waals surface area contributed by atoms with Crippen molar-refractivity contribution >= 4 is 12.0 Å². The number of hydrogen-bond donors (Lipinski definition) is 3. The van der Waals surface area contributed by atoms with Crippen LogP contribution in [-0.4, -0.2) is 67.7 Å². The molecular weight excluding hydrogens is 276 g/mol. The average Bonchev–Trinajstić information content (AvgIpc) is 2.89. The number of carboxylic acids is 1. The zero-order chi connectivity index (χ0) is 15.6. The highest BCUT2D eigenvalue weighted by Crippen LogP contribution is 2.22. The van der Waals surface area contributed by atoms with Crippen molar-refractivity contribution in [1.82, 2.24) is 19.8 Å². The number of aromatic nitrogens is 2. The van der Waals surface area contributed by atoms with Gasteiger partial charge in [-0.1, -0.05) is 0 Å². The maximum Gasteiger partial charge on any atom is 0.326 e. The van der Waals surface area contributed by atoms with Crippen molar-refractivity contribution in [3.05, 3.63) is 17.7 Å². The van der Waals surface area contributed by atoms with Crippen LogP contribution in [0.4, 0.5) is 4.79 Å². The van der Waals surface area contributed by atoms with Crippen molar-refractivity contribution < 1.29 is 19.8 Å². The van der Waals surface area contributed by atoms with Crippen LogP contribution in [0.5, 0.6) is 0 Å². The number of carbonyl (C=O) groups is 2. The summed E-state index contributed by atoms with van der Waals surface area (Å²) in [5.74, 6) is -1.04. The van der Waals surface area contributed by atoms with Gasteiger partial charge < -0.3 is 25.0 Å². The summed E-state index contributed by atoms with van der Waals surface area (Å²) in [6.45, 7) is 2.22. The first-order chi connectivity index (χ1) is 9.90. The molecule has 0 saturated carbocycles. The molecule has 0 saturated heterocycles. The molecule has 8 heteroatoms. The van der Waals surface area contributed by atoms with E-state index < -0.39 is 18.1 Å². The number of fused-ring (bicyclic) bond motifs is 1. The second-order valence-electron chi connectivity index (χ2n) is 5.36. The number of carboxylic acid groups (broad SMARTS) is 1. The van der Waals surface area contributed by atoms with Gasteiger partial charge in [0.1, 0.15) is 6.04 Å². The van der Waals surface area contributed by atoms with Crippen LogP contribution in [0.3, 0.4) is 0 Å². The van der Waals surface area contributed by atoms with E-state index in [1.165, 1.54) is 16.1 Å². The van der Waals surface area contributed by atoms with Crippen LogP contribution in [0, 0.1) is 0 Å². The predicted molar refractivity (Wildman–Crippen MR) is 73.6 cm³/mol. The summed E-state index contributed by atoms with van der Waals surface area (Å²) in [6, 6.07) is -1.27. The molecule has 0 aliphatic carbocycles. The molecule has 3 N–H and O–H groups in total. The normalized spacial score (nSPS) is 19.0. The fraction of sp³-hybridized carbons (Fsp3) is 0.615. The molecule has 8 nitrogen and oxygen atoms in total. The highest BCUT2D eigenvalue weighted by molar-refractivity contribution is 5.83. The third kappa shape index (κ3) is 3.33. The number of aliphatic hydroxyl groups is 1. The number of aliphatic carboxylic acids is 1. The minimum absolute atomic E-state index is 0.199. The van der Waals surface area contributed by atoms with E-state index in [9.17, 15) is 19.8 Å². The van der Waals surface area contributed by atoms with Crippen LogP contribution < -0.4 is 0 Å². The largest absolute Gasteiger partial charge is 0.480 e. The standard InChI is InChI=1S/C13H20N4O4/c1-8(18)3-4-16(2)13(21)17-6-10-9(14-7-15-10)5-11(17)12(19)20/h7-8,11,18H,3-6H2,1-2H3,(H,14,15)(H,19,20). The number of carbonyl (C=O) groups excluding carboxylic acids is 1. The van der Waals surface area contributed by atoms with E-state index in [1.807, 2.05) is 0 Å². The monoisotopic (exact) mass is 296 g/mol. The van der Waals surface area contributed by atoms with Gasteiger partial charge in [-0.2, -0.15) is 0 Å². The lowest BCUT2D eigenvalue weighted by Crippen LogP contribution is -2.53. The SMILES string of the molecule is CC(O)CCN(C)C(=O)N1Cc2[nH]cnc2CC1C(=O)O. The summed E-state index contributed by atoms with van der Waals surface area (Å²) in [5.41, 5.74) is 1.46. The molecule has 21 heavy (non-hydrogen) atoms. The van der Waals surface area contributed by atoms with E-state index in [2.05, 4.69) is 9.97 Å². The van der Waals surface area contributed by atoms with Crippen molar-refractivity contribution in [2.45, 2.75) is 38.5 Å². The molecule has 2 rings (SSSR count). The van der Waals surface area contributed by atoms with Crippen molar-refractivity contribution in [3.8, 4) is 0 Å². The molecule has 0 radical (unpaired) electrons. The molecule has 1 aromatic rings. The first-order valence-corrected chi connectivity index (χ1v) is 6.84. The highest BCUT2D eigenvalue weighted by Gasteiger charge is 2.37. The zero-order valence-corrected chi connectivity index (χ0v) is 12.1. The quantitative estimate of drug-likeness (QED) is 0.727. The lowest BCUT2D eigenvalue weighted by Gasteiger charge is -2.35. The van der Waals surface area contributed by atoms with Crippen LogP contribution in [0.25, 0.3) is 0 Å². The van der Waals surface area contributed by atoms with Gasteiger partial charge in [0.2, 0.25) is 0 Å². The van der Waals surface area contributed by atoms with E-state index >= 15 is 0 Å². The summed E-state index contributed by atoms with van der Waals surface area (Å²) >= 11 is 0.